The van der Waals surface area contributed by atoms with Crippen LogP contribution in [0.1, 0.15) is 11.3 Å². The van der Waals surface area contributed by atoms with Crippen LogP contribution in [0.5, 0.6) is 17.2 Å². The highest BCUT2D eigenvalue weighted by atomic mass is 127. The lowest BCUT2D eigenvalue weighted by Crippen LogP contribution is -2.38. The van der Waals surface area contributed by atoms with Crippen molar-refractivity contribution in [3.63, 3.8) is 0 Å². The van der Waals surface area contributed by atoms with Gasteiger partial charge < -0.3 is 29.3 Å². The molecule has 2 rings (SSSR count). The second-order valence-electron chi connectivity index (χ2n) is 5.62. The molecule has 8 heteroatoms. The van der Waals surface area contributed by atoms with Crippen molar-refractivity contribution in [2.75, 3.05) is 34.4 Å². The Hall–Kier alpha value is -2.36. The number of aliphatic imine (C=N–C) groups is 1. The molecule has 1 aromatic carbocycles. The highest BCUT2D eigenvalue weighted by Gasteiger charge is 2.13. The van der Waals surface area contributed by atoms with Crippen molar-refractivity contribution in [3.05, 3.63) is 54.5 Å². The summed E-state index contributed by atoms with van der Waals surface area (Å²) in [5, 5.41) is 6.49. The molecule has 0 radical (unpaired) electrons. The van der Waals surface area contributed by atoms with E-state index in [9.17, 15) is 0 Å². The minimum absolute atomic E-state index is 0. The number of nitrogens with one attached hydrogen (secondary N) is 2. The van der Waals surface area contributed by atoms with Gasteiger partial charge in [0.1, 0.15) is 5.76 Å². The molecule has 0 aliphatic heterocycles. The highest BCUT2D eigenvalue weighted by molar-refractivity contribution is 14.0. The molecule has 0 amide bonds. The maximum absolute atomic E-state index is 5.39. The molecule has 7 nitrogen and oxygen atoms in total. The van der Waals surface area contributed by atoms with Gasteiger partial charge in [0.15, 0.2) is 17.5 Å². The second-order valence-corrected chi connectivity index (χ2v) is 5.62. The minimum atomic E-state index is 0. The van der Waals surface area contributed by atoms with E-state index in [1.807, 2.05) is 24.3 Å². The molecule has 0 fully saturated rings. The molecule has 0 aliphatic rings. The molecule has 2 N–H and O–H groups in total. The molecule has 1 aromatic heterocycles. The van der Waals surface area contributed by atoms with Gasteiger partial charge in [0.05, 0.1) is 34.1 Å². The fourth-order valence-electron chi connectivity index (χ4n) is 2.50. The number of nitrogens with zero attached hydrogens (tertiary/aromatic N) is 1. The van der Waals surface area contributed by atoms with E-state index in [2.05, 4.69) is 22.2 Å². The molecule has 0 saturated carbocycles. The summed E-state index contributed by atoms with van der Waals surface area (Å²) in [6, 6.07) is 7.61. The summed E-state index contributed by atoms with van der Waals surface area (Å²) >= 11 is 0. The van der Waals surface area contributed by atoms with E-state index >= 15 is 0 Å². The monoisotopic (exact) mass is 501 g/mol. The number of halogens is 1. The third-order valence-corrected chi connectivity index (χ3v) is 3.80. The van der Waals surface area contributed by atoms with Crippen LogP contribution in [-0.4, -0.2) is 40.4 Å². The van der Waals surface area contributed by atoms with Crippen LogP contribution in [0.15, 0.2) is 52.6 Å². The van der Waals surface area contributed by atoms with Crippen LogP contribution in [0.4, 0.5) is 0 Å². The zero-order valence-electron chi connectivity index (χ0n) is 16.5. The van der Waals surface area contributed by atoms with Gasteiger partial charge in [0.2, 0.25) is 5.75 Å². The van der Waals surface area contributed by atoms with E-state index in [0.717, 1.165) is 17.7 Å². The first-order valence-electron chi connectivity index (χ1n) is 8.66. The van der Waals surface area contributed by atoms with Gasteiger partial charge in [-0.2, -0.15) is 0 Å². The number of furan rings is 1. The lowest BCUT2D eigenvalue weighted by Gasteiger charge is -2.14. The fraction of sp³-hybridized carbons (Fsp3) is 0.350. The molecular weight excluding hydrogens is 473 g/mol. The molecule has 0 saturated heterocycles. The Labute approximate surface area is 183 Å². The summed E-state index contributed by atoms with van der Waals surface area (Å²) in [5.74, 6) is 3.39. The first-order chi connectivity index (χ1) is 13.2. The third-order valence-electron chi connectivity index (χ3n) is 3.80. The average Bonchev–Trinajstić information content (AvgIpc) is 3.22. The van der Waals surface area contributed by atoms with Crippen molar-refractivity contribution in [2.24, 2.45) is 4.99 Å². The molecule has 0 spiro atoms. The van der Waals surface area contributed by atoms with Crippen molar-refractivity contribution in [1.82, 2.24) is 10.6 Å². The molecule has 154 valence electrons. The first-order valence-corrected chi connectivity index (χ1v) is 8.66. The van der Waals surface area contributed by atoms with E-state index in [-0.39, 0.29) is 24.0 Å². The van der Waals surface area contributed by atoms with E-state index in [4.69, 9.17) is 18.6 Å². The van der Waals surface area contributed by atoms with Gasteiger partial charge >= 0.3 is 0 Å². The number of hydrogen-bond donors (Lipinski definition) is 2. The van der Waals surface area contributed by atoms with Crippen molar-refractivity contribution >= 4 is 29.9 Å². The van der Waals surface area contributed by atoms with Crippen LogP contribution in [0.25, 0.3) is 0 Å². The van der Waals surface area contributed by atoms with Crippen LogP contribution >= 0.6 is 24.0 Å². The number of rotatable bonds is 10. The van der Waals surface area contributed by atoms with E-state index in [0.29, 0.717) is 42.8 Å². The minimum Gasteiger partial charge on any atom is -0.493 e. The molecular formula is C20H28IN3O4. The number of ether oxygens (including phenoxy) is 3. The fourth-order valence-corrected chi connectivity index (χ4v) is 2.50. The normalized spacial score (nSPS) is 10.6. The Morgan fingerprint density at radius 2 is 1.86 bits per heavy atom. The maximum atomic E-state index is 5.39. The number of guanidine groups is 1. The van der Waals surface area contributed by atoms with Gasteiger partial charge in [-0.3, -0.25) is 0 Å². The van der Waals surface area contributed by atoms with E-state index in [1.54, 1.807) is 33.7 Å². The molecule has 0 atom stereocenters. The van der Waals surface area contributed by atoms with E-state index in [1.165, 1.54) is 0 Å². The van der Waals surface area contributed by atoms with Crippen molar-refractivity contribution in [3.8, 4) is 17.2 Å². The quantitative estimate of drug-likeness (QED) is 0.225. The molecule has 0 aliphatic carbocycles. The van der Waals surface area contributed by atoms with Crippen molar-refractivity contribution in [1.29, 1.82) is 0 Å². The van der Waals surface area contributed by atoms with Gasteiger partial charge in [0, 0.05) is 19.5 Å². The molecule has 0 unspecified atom stereocenters. The van der Waals surface area contributed by atoms with Crippen molar-refractivity contribution in [2.45, 2.75) is 13.0 Å². The topological polar surface area (TPSA) is 77.3 Å². The van der Waals surface area contributed by atoms with Gasteiger partial charge in [-0.15, -0.1) is 30.6 Å². The molecule has 28 heavy (non-hydrogen) atoms. The highest BCUT2D eigenvalue weighted by Crippen LogP contribution is 2.38. The smallest absolute Gasteiger partial charge is 0.203 e. The Morgan fingerprint density at radius 3 is 2.39 bits per heavy atom. The molecule has 2 aromatic rings. The van der Waals surface area contributed by atoms with Crippen LogP contribution in [0.3, 0.4) is 0 Å². The Kier molecular flexibility index (Phi) is 10.9. The maximum Gasteiger partial charge on any atom is 0.203 e. The lowest BCUT2D eigenvalue weighted by molar-refractivity contribution is 0.324. The van der Waals surface area contributed by atoms with Crippen LogP contribution in [-0.2, 0) is 13.0 Å². The van der Waals surface area contributed by atoms with E-state index < -0.39 is 0 Å². The predicted molar refractivity (Wildman–Crippen MR) is 121 cm³/mol. The van der Waals surface area contributed by atoms with Crippen LogP contribution in [0, 0.1) is 0 Å². The summed E-state index contributed by atoms with van der Waals surface area (Å²) in [6.45, 7) is 5.49. The van der Waals surface area contributed by atoms with Crippen LogP contribution in [0.2, 0.25) is 0 Å². The molecule has 0 bridgehead atoms. The summed E-state index contributed by atoms with van der Waals surface area (Å²) in [4.78, 5) is 4.62. The summed E-state index contributed by atoms with van der Waals surface area (Å²) < 4.78 is 21.5. The predicted octanol–water partition coefficient (Wildman–Crippen LogP) is 3.39. The van der Waals surface area contributed by atoms with Crippen LogP contribution < -0.4 is 24.8 Å². The van der Waals surface area contributed by atoms with Gasteiger partial charge in [-0.05, 0) is 29.8 Å². The summed E-state index contributed by atoms with van der Waals surface area (Å²) in [5.41, 5.74) is 0.940. The lowest BCUT2D eigenvalue weighted by atomic mass is 10.2. The number of hydrogen-bond acceptors (Lipinski definition) is 5. The zero-order valence-corrected chi connectivity index (χ0v) is 18.8. The number of benzene rings is 1. The SMILES string of the molecule is C=CCNC(=NCc1cc(OC)c(OC)c(OC)c1)NCCc1ccco1.I. The third kappa shape index (κ3) is 6.99. The Morgan fingerprint density at radius 1 is 1.14 bits per heavy atom. The van der Waals surface area contributed by atoms with Gasteiger partial charge in [-0.1, -0.05) is 6.08 Å². The standard InChI is InChI=1S/C20H27N3O4.HI/c1-5-9-21-20(22-10-8-16-7-6-11-27-16)23-14-15-12-17(24-2)19(26-4)18(13-15)25-3;/h5-7,11-13H,1,8-10,14H2,2-4H3,(H2,21,22,23);1H. The Bertz CT molecular complexity index is 723. The van der Waals surface area contributed by atoms with Crippen molar-refractivity contribution < 1.29 is 18.6 Å². The van der Waals surface area contributed by atoms with Gasteiger partial charge in [-0.25, -0.2) is 4.99 Å². The first kappa shape index (κ1) is 23.7. The average molecular weight is 501 g/mol. The number of methoxy groups -OCH3 is 3. The second kappa shape index (κ2) is 12.9. The Balaban J connectivity index is 0.00000392. The molecule has 1 heterocycles. The largest absolute Gasteiger partial charge is 0.493 e. The summed E-state index contributed by atoms with van der Waals surface area (Å²) in [6.07, 6.45) is 4.22. The summed E-state index contributed by atoms with van der Waals surface area (Å²) in [7, 11) is 4.77. The van der Waals surface area contributed by atoms with Gasteiger partial charge in [0.25, 0.3) is 0 Å². The zero-order chi connectivity index (χ0) is 19.5.